The first-order valence-electron chi connectivity index (χ1n) is 7.75. The third-order valence-electron chi connectivity index (χ3n) is 3.44. The van der Waals surface area contributed by atoms with E-state index in [9.17, 15) is 14.4 Å². The van der Waals surface area contributed by atoms with Crippen LogP contribution in [-0.4, -0.2) is 55.0 Å². The number of nitrogens with two attached hydrogens (primary N) is 1. The number of ether oxygens (including phenoxy) is 2. The first-order chi connectivity index (χ1) is 11.9. The number of rotatable bonds is 5. The average Bonchev–Trinajstić information content (AvgIpc) is 2.59. The van der Waals surface area contributed by atoms with Gasteiger partial charge in [0.15, 0.2) is 6.10 Å². The number of carbonyl (C=O) groups is 3. The van der Waals surface area contributed by atoms with Gasteiger partial charge >= 0.3 is 11.8 Å². The van der Waals surface area contributed by atoms with E-state index < -0.39 is 23.8 Å². The number of nitrogens with zero attached hydrogens (tertiary/aromatic N) is 1. The van der Waals surface area contributed by atoms with E-state index in [4.69, 9.17) is 15.2 Å². The van der Waals surface area contributed by atoms with Crippen LogP contribution in [0.3, 0.4) is 0 Å². The molecule has 3 amide bonds. The fourth-order valence-corrected chi connectivity index (χ4v) is 2.20. The molecule has 8 nitrogen and oxygen atoms in total. The summed E-state index contributed by atoms with van der Waals surface area (Å²) in [6.45, 7) is 6.28. The first kappa shape index (κ1) is 18.5. The molecular weight excluding hydrogens is 326 g/mol. The van der Waals surface area contributed by atoms with Gasteiger partial charge < -0.3 is 25.4 Å². The molecule has 1 aliphatic heterocycles. The summed E-state index contributed by atoms with van der Waals surface area (Å²) in [5, 5.41) is 2.52. The molecule has 0 saturated carbocycles. The largest absolute Gasteiger partial charge is 0.489 e. The fourth-order valence-electron chi connectivity index (χ4n) is 2.20. The summed E-state index contributed by atoms with van der Waals surface area (Å²) >= 11 is 0. The molecule has 1 atom stereocenters. The Morgan fingerprint density at radius 3 is 2.88 bits per heavy atom. The highest BCUT2D eigenvalue weighted by molar-refractivity contribution is 6.39. The summed E-state index contributed by atoms with van der Waals surface area (Å²) in [6.07, 6.45) is -0.899. The quantitative estimate of drug-likeness (QED) is 0.588. The Bertz CT molecular complexity index is 689. The maximum absolute atomic E-state index is 12.2. The maximum atomic E-state index is 12.2. The molecule has 25 heavy (non-hydrogen) atoms. The lowest BCUT2D eigenvalue weighted by molar-refractivity contribution is -0.151. The van der Waals surface area contributed by atoms with Crippen LogP contribution in [0, 0.1) is 0 Å². The zero-order valence-corrected chi connectivity index (χ0v) is 14.0. The predicted octanol–water partition coefficient (Wildman–Crippen LogP) is 0.293. The molecular formula is C17H21N3O5. The Balaban J connectivity index is 1.96. The second-order valence-corrected chi connectivity index (χ2v) is 5.74. The first-order valence-corrected chi connectivity index (χ1v) is 7.75. The van der Waals surface area contributed by atoms with Crippen molar-refractivity contribution in [3.63, 3.8) is 0 Å². The molecule has 3 N–H and O–H groups in total. The number of carbonyl (C=O) groups excluding carboxylic acids is 3. The normalized spacial score (nSPS) is 16.8. The van der Waals surface area contributed by atoms with Gasteiger partial charge in [0.1, 0.15) is 12.4 Å². The molecule has 8 heteroatoms. The molecule has 0 radical (unpaired) electrons. The third-order valence-corrected chi connectivity index (χ3v) is 3.44. The second-order valence-electron chi connectivity index (χ2n) is 5.74. The van der Waals surface area contributed by atoms with E-state index in [1.165, 1.54) is 4.90 Å². The molecule has 2 rings (SSSR count). The Morgan fingerprint density at radius 1 is 1.44 bits per heavy atom. The summed E-state index contributed by atoms with van der Waals surface area (Å²) < 4.78 is 10.6. The van der Waals surface area contributed by atoms with Crippen LogP contribution in [-0.2, 0) is 19.1 Å². The number of amides is 3. The smallest absolute Gasteiger partial charge is 0.313 e. The third kappa shape index (κ3) is 5.32. The van der Waals surface area contributed by atoms with Crippen molar-refractivity contribution in [3.05, 3.63) is 36.4 Å². The fraction of sp³-hybridized carbons (Fsp3) is 0.353. The van der Waals surface area contributed by atoms with Crippen LogP contribution in [0.1, 0.15) is 6.92 Å². The van der Waals surface area contributed by atoms with E-state index in [1.807, 2.05) is 6.92 Å². The van der Waals surface area contributed by atoms with Gasteiger partial charge in [-0.25, -0.2) is 0 Å². The highest BCUT2D eigenvalue weighted by Gasteiger charge is 2.30. The SMILES string of the molecule is C=C(C)COc1cccc(NC(=O)C(=O)N2CCOC(C(N)=O)C2)c1. The zero-order chi connectivity index (χ0) is 18.4. The van der Waals surface area contributed by atoms with Crippen molar-refractivity contribution in [3.8, 4) is 5.75 Å². The highest BCUT2D eigenvalue weighted by atomic mass is 16.5. The molecule has 0 aliphatic carbocycles. The van der Waals surface area contributed by atoms with E-state index in [1.54, 1.807) is 24.3 Å². The van der Waals surface area contributed by atoms with E-state index >= 15 is 0 Å². The summed E-state index contributed by atoms with van der Waals surface area (Å²) in [6, 6.07) is 6.69. The average molecular weight is 347 g/mol. The number of primary amides is 1. The predicted molar refractivity (Wildman–Crippen MR) is 90.9 cm³/mol. The van der Waals surface area contributed by atoms with Crippen LogP contribution in [0.5, 0.6) is 5.75 Å². The van der Waals surface area contributed by atoms with Crippen molar-refractivity contribution >= 4 is 23.4 Å². The number of benzene rings is 1. The van der Waals surface area contributed by atoms with Crippen molar-refractivity contribution in [1.82, 2.24) is 4.90 Å². The van der Waals surface area contributed by atoms with Crippen molar-refractivity contribution < 1.29 is 23.9 Å². The van der Waals surface area contributed by atoms with E-state index in [2.05, 4.69) is 11.9 Å². The molecule has 1 fully saturated rings. The molecule has 0 spiro atoms. The van der Waals surface area contributed by atoms with Crippen molar-refractivity contribution in [2.24, 2.45) is 5.73 Å². The second kappa shape index (κ2) is 8.29. The Morgan fingerprint density at radius 2 is 2.20 bits per heavy atom. The summed E-state index contributed by atoms with van der Waals surface area (Å²) in [7, 11) is 0. The molecule has 1 aliphatic rings. The summed E-state index contributed by atoms with van der Waals surface area (Å²) in [5.41, 5.74) is 6.46. The number of anilines is 1. The van der Waals surface area contributed by atoms with E-state index in [0.717, 1.165) is 5.57 Å². The Labute approximate surface area is 145 Å². The van der Waals surface area contributed by atoms with Gasteiger partial charge in [-0.2, -0.15) is 0 Å². The number of morpholine rings is 1. The van der Waals surface area contributed by atoms with Crippen LogP contribution in [0.4, 0.5) is 5.69 Å². The van der Waals surface area contributed by atoms with Gasteiger partial charge in [0.2, 0.25) is 5.91 Å². The van der Waals surface area contributed by atoms with Gasteiger partial charge in [0, 0.05) is 18.3 Å². The molecule has 0 bridgehead atoms. The molecule has 1 saturated heterocycles. The van der Waals surface area contributed by atoms with E-state index in [-0.39, 0.29) is 19.7 Å². The lowest BCUT2D eigenvalue weighted by Crippen LogP contribution is -2.52. The van der Waals surface area contributed by atoms with Crippen molar-refractivity contribution in [2.75, 3.05) is 31.6 Å². The monoisotopic (exact) mass is 347 g/mol. The lowest BCUT2D eigenvalue weighted by Gasteiger charge is -2.30. The number of hydrogen-bond donors (Lipinski definition) is 2. The van der Waals surface area contributed by atoms with Crippen molar-refractivity contribution in [2.45, 2.75) is 13.0 Å². The molecule has 134 valence electrons. The summed E-state index contributed by atoms with van der Waals surface area (Å²) in [4.78, 5) is 36.8. The molecule has 1 unspecified atom stereocenters. The van der Waals surface area contributed by atoms with Crippen LogP contribution < -0.4 is 15.8 Å². The van der Waals surface area contributed by atoms with E-state index in [0.29, 0.717) is 18.0 Å². The number of hydrogen-bond acceptors (Lipinski definition) is 5. The van der Waals surface area contributed by atoms with Gasteiger partial charge in [-0.1, -0.05) is 12.6 Å². The van der Waals surface area contributed by atoms with Gasteiger partial charge in [0.05, 0.1) is 13.2 Å². The van der Waals surface area contributed by atoms with Gasteiger partial charge in [0.25, 0.3) is 0 Å². The highest BCUT2D eigenvalue weighted by Crippen LogP contribution is 2.18. The van der Waals surface area contributed by atoms with Gasteiger partial charge in [-0.15, -0.1) is 0 Å². The Kier molecular flexibility index (Phi) is 6.13. The topological polar surface area (TPSA) is 111 Å². The Hall–Kier alpha value is -2.87. The van der Waals surface area contributed by atoms with Gasteiger partial charge in [-0.3, -0.25) is 14.4 Å². The summed E-state index contributed by atoms with van der Waals surface area (Å²) in [5.74, 6) is -1.67. The van der Waals surface area contributed by atoms with Crippen molar-refractivity contribution in [1.29, 1.82) is 0 Å². The minimum absolute atomic E-state index is 0.0383. The molecule has 1 heterocycles. The number of nitrogens with one attached hydrogen (secondary N) is 1. The lowest BCUT2D eigenvalue weighted by atomic mass is 10.2. The minimum Gasteiger partial charge on any atom is -0.489 e. The van der Waals surface area contributed by atoms with Gasteiger partial charge in [-0.05, 0) is 24.6 Å². The van der Waals surface area contributed by atoms with Crippen LogP contribution in [0.25, 0.3) is 0 Å². The van der Waals surface area contributed by atoms with Crippen LogP contribution in [0.15, 0.2) is 36.4 Å². The van der Waals surface area contributed by atoms with Crippen LogP contribution >= 0.6 is 0 Å². The maximum Gasteiger partial charge on any atom is 0.313 e. The zero-order valence-electron chi connectivity index (χ0n) is 14.0. The van der Waals surface area contributed by atoms with Crippen LogP contribution in [0.2, 0.25) is 0 Å². The molecule has 1 aromatic rings. The molecule has 1 aromatic carbocycles. The minimum atomic E-state index is -0.899. The molecule has 0 aromatic heterocycles. The standard InChI is InChI=1S/C17H21N3O5/c1-11(2)10-25-13-5-3-4-12(8-13)19-16(22)17(23)20-6-7-24-14(9-20)15(18)21/h3-5,8,14H,1,6-7,9-10H2,2H3,(H2,18,21)(H,19,22).